The lowest BCUT2D eigenvalue weighted by Gasteiger charge is -2.37. The third-order valence-corrected chi connectivity index (χ3v) is 4.82. The van der Waals surface area contributed by atoms with E-state index in [0.29, 0.717) is 6.54 Å². The highest BCUT2D eigenvalue weighted by Gasteiger charge is 2.32. The number of anilines is 1. The van der Waals surface area contributed by atoms with Crippen molar-refractivity contribution in [3.63, 3.8) is 0 Å². The fraction of sp³-hybridized carbons (Fsp3) is 0.462. The number of benzene rings is 1. The number of hydrogen-bond donors (Lipinski definition) is 1. The lowest BCUT2D eigenvalue weighted by Crippen LogP contribution is -2.48. The third kappa shape index (κ3) is 2.54. The van der Waals surface area contributed by atoms with Gasteiger partial charge in [0, 0.05) is 23.6 Å². The maximum atomic E-state index is 13.9. The Labute approximate surface area is 115 Å². The summed E-state index contributed by atoms with van der Waals surface area (Å²) in [6.45, 7) is 4.38. The van der Waals surface area contributed by atoms with Crippen molar-refractivity contribution in [1.82, 2.24) is 4.90 Å². The first-order valence-corrected chi connectivity index (χ1v) is 7.14. The molecule has 1 fully saturated rings. The molecule has 0 spiro atoms. The van der Waals surface area contributed by atoms with Gasteiger partial charge in [-0.3, -0.25) is 4.79 Å². The van der Waals surface area contributed by atoms with E-state index in [0.717, 1.165) is 17.9 Å². The van der Waals surface area contributed by atoms with Crippen molar-refractivity contribution < 1.29 is 13.6 Å². The summed E-state index contributed by atoms with van der Waals surface area (Å²) >= 11 is 1.75. The molecule has 0 aliphatic carbocycles. The second-order valence-corrected chi connectivity index (χ2v) is 6.13. The van der Waals surface area contributed by atoms with Crippen LogP contribution in [0.25, 0.3) is 0 Å². The SMILES string of the molecule is CC1SCCN(C(=O)c2c(F)ccc(N)c2F)C1C. The molecule has 1 aliphatic rings. The van der Waals surface area contributed by atoms with Gasteiger partial charge >= 0.3 is 0 Å². The third-order valence-electron chi connectivity index (χ3n) is 3.48. The quantitative estimate of drug-likeness (QED) is 0.807. The Bertz CT molecular complexity index is 510. The molecule has 1 saturated heterocycles. The Balaban J connectivity index is 2.37. The molecule has 1 aromatic carbocycles. The van der Waals surface area contributed by atoms with E-state index in [9.17, 15) is 13.6 Å². The van der Waals surface area contributed by atoms with Crippen molar-refractivity contribution in [3.8, 4) is 0 Å². The van der Waals surface area contributed by atoms with Gasteiger partial charge < -0.3 is 10.6 Å². The van der Waals surface area contributed by atoms with Crippen molar-refractivity contribution >= 4 is 23.4 Å². The first-order valence-electron chi connectivity index (χ1n) is 6.09. The Morgan fingerprint density at radius 2 is 2.11 bits per heavy atom. The molecule has 1 aliphatic heterocycles. The first kappa shape index (κ1) is 14.1. The van der Waals surface area contributed by atoms with Gasteiger partial charge in [0.1, 0.15) is 11.4 Å². The van der Waals surface area contributed by atoms with E-state index in [2.05, 4.69) is 0 Å². The number of hydrogen-bond acceptors (Lipinski definition) is 3. The van der Waals surface area contributed by atoms with Crippen LogP contribution in [0.15, 0.2) is 12.1 Å². The summed E-state index contributed by atoms with van der Waals surface area (Å²) in [4.78, 5) is 13.8. The fourth-order valence-electron chi connectivity index (χ4n) is 2.13. The van der Waals surface area contributed by atoms with Crippen LogP contribution in [0.3, 0.4) is 0 Å². The molecule has 0 radical (unpaired) electrons. The van der Waals surface area contributed by atoms with E-state index < -0.39 is 23.1 Å². The van der Waals surface area contributed by atoms with E-state index in [-0.39, 0.29) is 17.0 Å². The van der Waals surface area contributed by atoms with Gasteiger partial charge in [0.25, 0.3) is 5.91 Å². The average Bonchev–Trinajstić information content (AvgIpc) is 2.37. The van der Waals surface area contributed by atoms with Gasteiger partial charge in [-0.05, 0) is 19.1 Å². The maximum absolute atomic E-state index is 13.9. The van der Waals surface area contributed by atoms with Gasteiger partial charge in [-0.1, -0.05) is 6.92 Å². The second-order valence-electron chi connectivity index (χ2n) is 4.64. The van der Waals surface area contributed by atoms with E-state index >= 15 is 0 Å². The van der Waals surface area contributed by atoms with Crippen LogP contribution in [0.5, 0.6) is 0 Å². The maximum Gasteiger partial charge on any atom is 0.260 e. The number of carbonyl (C=O) groups is 1. The van der Waals surface area contributed by atoms with Crippen molar-refractivity contribution in [1.29, 1.82) is 0 Å². The van der Waals surface area contributed by atoms with Gasteiger partial charge in [-0.15, -0.1) is 0 Å². The summed E-state index contributed by atoms with van der Waals surface area (Å²) in [5.41, 5.74) is 4.64. The van der Waals surface area contributed by atoms with Crippen LogP contribution >= 0.6 is 11.8 Å². The minimum Gasteiger partial charge on any atom is -0.396 e. The Kier molecular flexibility index (Phi) is 3.99. The number of amides is 1. The van der Waals surface area contributed by atoms with Crippen LogP contribution in [-0.4, -0.2) is 34.4 Å². The smallest absolute Gasteiger partial charge is 0.260 e. The van der Waals surface area contributed by atoms with E-state index in [1.54, 1.807) is 11.8 Å². The molecule has 19 heavy (non-hydrogen) atoms. The zero-order valence-corrected chi connectivity index (χ0v) is 11.6. The molecular weight excluding hydrogens is 270 g/mol. The minimum atomic E-state index is -0.969. The van der Waals surface area contributed by atoms with Crippen molar-refractivity contribution in [3.05, 3.63) is 29.3 Å². The molecule has 2 atom stereocenters. The molecule has 0 bridgehead atoms. The first-order chi connectivity index (χ1) is 8.93. The van der Waals surface area contributed by atoms with Crippen LogP contribution < -0.4 is 5.73 Å². The molecule has 2 unspecified atom stereocenters. The number of thioether (sulfide) groups is 1. The largest absolute Gasteiger partial charge is 0.396 e. The topological polar surface area (TPSA) is 46.3 Å². The molecule has 1 heterocycles. The highest BCUT2D eigenvalue weighted by Crippen LogP contribution is 2.28. The molecule has 2 rings (SSSR count). The van der Waals surface area contributed by atoms with Crippen LogP contribution in [0.1, 0.15) is 24.2 Å². The highest BCUT2D eigenvalue weighted by atomic mass is 32.2. The highest BCUT2D eigenvalue weighted by molar-refractivity contribution is 8.00. The Morgan fingerprint density at radius 3 is 2.79 bits per heavy atom. The van der Waals surface area contributed by atoms with E-state index in [1.807, 2.05) is 13.8 Å². The van der Waals surface area contributed by atoms with Crippen molar-refractivity contribution in [2.24, 2.45) is 0 Å². The molecule has 6 heteroatoms. The molecule has 0 saturated carbocycles. The standard InChI is InChI=1S/C13H16F2N2OS/c1-7-8(2)19-6-5-17(7)13(18)11-9(14)3-4-10(16)12(11)15/h3-4,7-8H,5-6,16H2,1-2H3. The molecule has 0 aromatic heterocycles. The molecule has 1 aromatic rings. The summed E-state index contributed by atoms with van der Waals surface area (Å²) < 4.78 is 27.6. The van der Waals surface area contributed by atoms with Crippen LogP contribution in [-0.2, 0) is 0 Å². The van der Waals surface area contributed by atoms with Gasteiger partial charge in [0.2, 0.25) is 0 Å². The zero-order valence-electron chi connectivity index (χ0n) is 10.8. The summed E-state index contributed by atoms with van der Waals surface area (Å²) in [6.07, 6.45) is 0. The van der Waals surface area contributed by atoms with Crippen molar-refractivity contribution in [2.45, 2.75) is 25.1 Å². The number of halogens is 2. The summed E-state index contributed by atoms with van der Waals surface area (Å²) in [5.74, 6) is -1.69. The monoisotopic (exact) mass is 286 g/mol. The molecule has 104 valence electrons. The minimum absolute atomic E-state index is 0.0634. The molecule has 1 amide bonds. The molecular formula is C13H16F2N2OS. The number of nitrogens with two attached hydrogens (primary N) is 1. The van der Waals surface area contributed by atoms with Gasteiger partial charge in [0.05, 0.1) is 5.69 Å². The summed E-state index contributed by atoms with van der Waals surface area (Å²) in [5, 5.41) is 0.241. The predicted molar refractivity (Wildman–Crippen MR) is 73.2 cm³/mol. The van der Waals surface area contributed by atoms with Gasteiger partial charge in [-0.25, -0.2) is 8.78 Å². The van der Waals surface area contributed by atoms with Crippen LogP contribution in [0, 0.1) is 11.6 Å². The molecule has 2 N–H and O–H groups in total. The predicted octanol–water partition coefficient (Wildman–Crippen LogP) is 2.51. The Morgan fingerprint density at radius 1 is 1.42 bits per heavy atom. The lowest BCUT2D eigenvalue weighted by atomic mass is 10.1. The van der Waals surface area contributed by atoms with E-state index in [1.165, 1.54) is 4.90 Å². The van der Waals surface area contributed by atoms with Gasteiger partial charge in [0.15, 0.2) is 5.82 Å². The second kappa shape index (κ2) is 5.36. The zero-order chi connectivity index (χ0) is 14.2. The lowest BCUT2D eigenvalue weighted by molar-refractivity contribution is 0.0688. The normalized spacial score (nSPS) is 23.5. The summed E-state index contributed by atoms with van der Waals surface area (Å²) in [6, 6.07) is 2.09. The number of carbonyl (C=O) groups excluding carboxylic acids is 1. The van der Waals surface area contributed by atoms with Gasteiger partial charge in [-0.2, -0.15) is 11.8 Å². The number of nitrogen functional groups attached to an aromatic ring is 1. The average molecular weight is 286 g/mol. The van der Waals surface area contributed by atoms with Crippen LogP contribution in [0.4, 0.5) is 14.5 Å². The number of rotatable bonds is 1. The van der Waals surface area contributed by atoms with E-state index in [4.69, 9.17) is 5.73 Å². The fourth-order valence-corrected chi connectivity index (χ4v) is 3.23. The van der Waals surface area contributed by atoms with Crippen molar-refractivity contribution in [2.75, 3.05) is 18.0 Å². The van der Waals surface area contributed by atoms with Crippen LogP contribution in [0.2, 0.25) is 0 Å². The number of nitrogens with zero attached hydrogens (tertiary/aromatic N) is 1. The Hall–Kier alpha value is -1.30. The summed E-state index contributed by atoms with van der Waals surface area (Å²) in [7, 11) is 0. The molecule has 3 nitrogen and oxygen atoms in total.